The molecule has 1 aliphatic rings. The Labute approximate surface area is 167 Å². The first kappa shape index (κ1) is 19.7. The number of benzene rings is 2. The minimum Gasteiger partial charge on any atom is -0.493 e. The molecule has 0 bridgehead atoms. The van der Waals surface area contributed by atoms with E-state index in [1.165, 1.54) is 0 Å². The van der Waals surface area contributed by atoms with Crippen LogP contribution < -0.4 is 25.6 Å². The lowest BCUT2D eigenvalue weighted by Crippen LogP contribution is -2.43. The zero-order valence-electron chi connectivity index (χ0n) is 15.6. The van der Waals surface area contributed by atoms with Gasteiger partial charge in [-0.05, 0) is 48.7 Å². The molecule has 1 aliphatic heterocycles. The van der Waals surface area contributed by atoms with E-state index in [4.69, 9.17) is 9.47 Å². The van der Waals surface area contributed by atoms with E-state index in [1.54, 1.807) is 14.2 Å². The number of hydrogen-bond donors (Lipinski definition) is 3. The zero-order chi connectivity index (χ0) is 19.4. The van der Waals surface area contributed by atoms with E-state index >= 15 is 0 Å². The molecular weight excluding hydrogens is 410 g/mol. The van der Waals surface area contributed by atoms with Crippen molar-refractivity contribution >= 4 is 21.8 Å². The summed E-state index contributed by atoms with van der Waals surface area (Å²) >= 11 is 3.44. The first-order chi connectivity index (χ1) is 13.0. The molecule has 1 heterocycles. The van der Waals surface area contributed by atoms with E-state index in [1.807, 2.05) is 37.3 Å². The Morgan fingerprint density at radius 3 is 2.48 bits per heavy atom. The van der Waals surface area contributed by atoms with Gasteiger partial charge < -0.3 is 14.8 Å². The van der Waals surface area contributed by atoms with Crippen molar-refractivity contribution in [2.24, 2.45) is 0 Å². The summed E-state index contributed by atoms with van der Waals surface area (Å²) in [5.41, 5.74) is 8.41. The van der Waals surface area contributed by atoms with Crippen molar-refractivity contribution in [3.8, 4) is 11.5 Å². The highest BCUT2D eigenvalue weighted by Gasteiger charge is 2.30. The topological polar surface area (TPSA) is 71.6 Å². The highest BCUT2D eigenvalue weighted by molar-refractivity contribution is 9.10. The van der Waals surface area contributed by atoms with E-state index in [0.29, 0.717) is 17.9 Å². The Morgan fingerprint density at radius 1 is 1.11 bits per heavy atom. The number of amides is 1. The summed E-state index contributed by atoms with van der Waals surface area (Å²) in [6.45, 7) is 1.95. The van der Waals surface area contributed by atoms with Crippen molar-refractivity contribution in [3.05, 3.63) is 58.1 Å². The molecule has 2 aromatic rings. The molecule has 0 radical (unpaired) electrons. The molecule has 7 heteroatoms. The number of hydrogen-bond acceptors (Lipinski definition) is 5. The summed E-state index contributed by atoms with van der Waals surface area (Å²) < 4.78 is 11.6. The van der Waals surface area contributed by atoms with Crippen molar-refractivity contribution in [1.29, 1.82) is 0 Å². The molecule has 1 saturated heterocycles. The molecule has 0 aliphatic carbocycles. The molecular formula is C20H24BrN3O3. The molecule has 3 N–H and O–H groups in total. The van der Waals surface area contributed by atoms with Gasteiger partial charge in [-0.15, -0.1) is 0 Å². The van der Waals surface area contributed by atoms with Gasteiger partial charge in [-0.25, -0.2) is 10.9 Å². The van der Waals surface area contributed by atoms with Gasteiger partial charge in [-0.2, -0.15) is 0 Å². The predicted octanol–water partition coefficient (Wildman–Crippen LogP) is 3.25. The van der Waals surface area contributed by atoms with Gasteiger partial charge in [0.15, 0.2) is 11.5 Å². The summed E-state index contributed by atoms with van der Waals surface area (Å²) in [5.74, 6) is 1.27. The van der Waals surface area contributed by atoms with E-state index in [9.17, 15) is 4.79 Å². The third kappa shape index (κ3) is 4.61. The second kappa shape index (κ2) is 8.73. The van der Waals surface area contributed by atoms with Crippen molar-refractivity contribution in [2.75, 3.05) is 14.2 Å². The summed E-state index contributed by atoms with van der Waals surface area (Å²) in [4.78, 5) is 12.7. The molecule has 0 saturated carbocycles. The average molecular weight is 434 g/mol. The molecule has 27 heavy (non-hydrogen) atoms. The Balaban J connectivity index is 1.61. The van der Waals surface area contributed by atoms with Gasteiger partial charge in [-0.3, -0.25) is 4.79 Å². The minimum absolute atomic E-state index is 0.0376. The number of methoxy groups -OCH3 is 2. The SMILES string of the molecule is COc1ccc(C(C)NC(=O)C2CC(c3ccc(Br)cc3)NN2)cc1OC. The van der Waals surface area contributed by atoms with Gasteiger partial charge in [0, 0.05) is 10.5 Å². The van der Waals surface area contributed by atoms with Gasteiger partial charge in [0.2, 0.25) is 5.91 Å². The van der Waals surface area contributed by atoms with Crippen LogP contribution in [0.3, 0.4) is 0 Å². The third-order valence-electron chi connectivity index (χ3n) is 4.76. The number of carbonyl (C=O) groups is 1. The molecule has 1 amide bonds. The second-order valence-corrected chi connectivity index (χ2v) is 7.44. The summed E-state index contributed by atoms with van der Waals surface area (Å²) in [6, 6.07) is 13.4. The van der Waals surface area contributed by atoms with Gasteiger partial charge in [-0.1, -0.05) is 34.1 Å². The Kier molecular flexibility index (Phi) is 6.36. The first-order valence-electron chi connectivity index (χ1n) is 8.80. The predicted molar refractivity (Wildman–Crippen MR) is 108 cm³/mol. The van der Waals surface area contributed by atoms with Gasteiger partial charge in [0.1, 0.15) is 6.04 Å². The van der Waals surface area contributed by atoms with E-state index < -0.39 is 0 Å². The van der Waals surface area contributed by atoms with E-state index in [0.717, 1.165) is 15.6 Å². The van der Waals surface area contributed by atoms with Crippen molar-refractivity contribution in [1.82, 2.24) is 16.2 Å². The van der Waals surface area contributed by atoms with Crippen LogP contribution in [0.5, 0.6) is 11.5 Å². The monoisotopic (exact) mass is 433 g/mol. The molecule has 3 atom stereocenters. The third-order valence-corrected chi connectivity index (χ3v) is 5.29. The van der Waals surface area contributed by atoms with Crippen LogP contribution in [0.15, 0.2) is 46.9 Å². The van der Waals surface area contributed by atoms with Crippen molar-refractivity contribution in [3.63, 3.8) is 0 Å². The molecule has 3 unspecified atom stereocenters. The van der Waals surface area contributed by atoms with Crippen LogP contribution in [-0.4, -0.2) is 26.2 Å². The number of ether oxygens (including phenoxy) is 2. The average Bonchev–Trinajstić information content (AvgIpc) is 3.18. The Hall–Kier alpha value is -2.09. The Morgan fingerprint density at radius 2 is 1.81 bits per heavy atom. The van der Waals surface area contributed by atoms with E-state index in [2.05, 4.69) is 44.2 Å². The van der Waals surface area contributed by atoms with Crippen LogP contribution in [-0.2, 0) is 4.79 Å². The fourth-order valence-electron chi connectivity index (χ4n) is 3.16. The summed E-state index contributed by atoms with van der Waals surface area (Å²) in [6.07, 6.45) is 0.687. The molecule has 144 valence electrons. The lowest BCUT2D eigenvalue weighted by molar-refractivity contribution is -0.123. The lowest BCUT2D eigenvalue weighted by Gasteiger charge is -2.18. The van der Waals surface area contributed by atoms with E-state index in [-0.39, 0.29) is 24.0 Å². The van der Waals surface area contributed by atoms with Crippen molar-refractivity contribution in [2.45, 2.75) is 31.5 Å². The number of halogens is 1. The zero-order valence-corrected chi connectivity index (χ0v) is 17.2. The Bertz CT molecular complexity index is 798. The fourth-order valence-corrected chi connectivity index (χ4v) is 3.43. The standard InChI is InChI=1S/C20H24BrN3O3/c1-12(14-6-9-18(26-2)19(10-14)27-3)22-20(25)17-11-16(23-24-17)13-4-7-15(21)8-5-13/h4-10,12,16-17,23-24H,11H2,1-3H3,(H,22,25). The van der Waals surface area contributed by atoms with Gasteiger partial charge in [0.05, 0.1) is 20.3 Å². The maximum atomic E-state index is 12.7. The minimum atomic E-state index is -0.291. The van der Waals surface area contributed by atoms with Crippen LogP contribution in [0.25, 0.3) is 0 Å². The largest absolute Gasteiger partial charge is 0.493 e. The first-order valence-corrected chi connectivity index (χ1v) is 9.60. The maximum absolute atomic E-state index is 12.7. The van der Waals surface area contributed by atoms with Crippen LogP contribution in [0, 0.1) is 0 Å². The summed E-state index contributed by atoms with van der Waals surface area (Å²) in [5, 5.41) is 3.06. The van der Waals surface area contributed by atoms with Gasteiger partial charge >= 0.3 is 0 Å². The summed E-state index contributed by atoms with van der Waals surface area (Å²) in [7, 11) is 3.20. The van der Waals surface area contributed by atoms with Gasteiger partial charge in [0.25, 0.3) is 0 Å². The van der Waals surface area contributed by atoms with Crippen LogP contribution in [0.2, 0.25) is 0 Å². The smallest absolute Gasteiger partial charge is 0.239 e. The lowest BCUT2D eigenvalue weighted by atomic mass is 10.0. The molecule has 0 aromatic heterocycles. The molecule has 3 rings (SSSR count). The molecule has 2 aromatic carbocycles. The number of hydrazine groups is 1. The quantitative estimate of drug-likeness (QED) is 0.651. The molecule has 0 spiro atoms. The van der Waals surface area contributed by atoms with Crippen LogP contribution >= 0.6 is 15.9 Å². The maximum Gasteiger partial charge on any atom is 0.239 e. The van der Waals surface area contributed by atoms with Crippen molar-refractivity contribution < 1.29 is 14.3 Å². The highest BCUT2D eigenvalue weighted by atomic mass is 79.9. The second-order valence-electron chi connectivity index (χ2n) is 6.53. The van der Waals surface area contributed by atoms with Crippen LogP contribution in [0.4, 0.5) is 0 Å². The fraction of sp³-hybridized carbons (Fsp3) is 0.350. The normalized spacial score (nSPS) is 20.1. The number of rotatable bonds is 6. The highest BCUT2D eigenvalue weighted by Crippen LogP contribution is 2.30. The molecule has 1 fully saturated rings. The number of nitrogens with one attached hydrogen (secondary N) is 3. The molecule has 6 nitrogen and oxygen atoms in total. The van der Waals surface area contributed by atoms with Crippen LogP contribution in [0.1, 0.15) is 36.6 Å². The number of carbonyl (C=O) groups excluding carboxylic acids is 1.